The SMILES string of the molecule is CCNC1C(=O)Nc2cc(Sc3ncccn3)c(Br)cc21. The lowest BCUT2D eigenvalue weighted by molar-refractivity contribution is -0.117. The highest BCUT2D eigenvalue weighted by molar-refractivity contribution is 9.10. The summed E-state index contributed by atoms with van der Waals surface area (Å²) in [6.45, 7) is 2.72. The third-order valence-electron chi connectivity index (χ3n) is 3.09. The Bertz CT molecular complexity index is 680. The number of rotatable bonds is 4. The first-order valence-electron chi connectivity index (χ1n) is 6.51. The van der Waals surface area contributed by atoms with Crippen molar-refractivity contribution in [1.82, 2.24) is 15.3 Å². The average molecular weight is 365 g/mol. The Labute approximate surface area is 135 Å². The van der Waals surface area contributed by atoms with E-state index in [2.05, 4.69) is 36.5 Å². The van der Waals surface area contributed by atoms with E-state index in [1.165, 1.54) is 11.8 Å². The van der Waals surface area contributed by atoms with E-state index in [4.69, 9.17) is 0 Å². The predicted octanol–water partition coefficient (Wildman–Crippen LogP) is 2.99. The van der Waals surface area contributed by atoms with Gasteiger partial charge >= 0.3 is 0 Å². The van der Waals surface area contributed by atoms with Crippen LogP contribution in [0.5, 0.6) is 0 Å². The summed E-state index contributed by atoms with van der Waals surface area (Å²) in [5.74, 6) is -0.0168. The lowest BCUT2D eigenvalue weighted by Gasteiger charge is -2.11. The molecule has 7 heteroatoms. The van der Waals surface area contributed by atoms with Gasteiger partial charge in [-0.05, 0) is 52.4 Å². The summed E-state index contributed by atoms with van der Waals surface area (Å²) in [4.78, 5) is 21.4. The van der Waals surface area contributed by atoms with Crippen LogP contribution in [0.3, 0.4) is 0 Å². The molecule has 1 unspecified atom stereocenters. The zero-order valence-electron chi connectivity index (χ0n) is 11.3. The molecule has 1 aromatic heterocycles. The maximum Gasteiger partial charge on any atom is 0.246 e. The minimum absolute atomic E-state index is 0.0168. The first kappa shape index (κ1) is 14.5. The van der Waals surface area contributed by atoms with Crippen molar-refractivity contribution in [2.75, 3.05) is 11.9 Å². The van der Waals surface area contributed by atoms with Gasteiger partial charge in [0.05, 0.1) is 0 Å². The molecule has 21 heavy (non-hydrogen) atoms. The topological polar surface area (TPSA) is 66.9 Å². The van der Waals surface area contributed by atoms with Gasteiger partial charge < -0.3 is 10.6 Å². The molecule has 1 aliphatic heterocycles. The Morgan fingerprint density at radius 1 is 1.38 bits per heavy atom. The molecule has 2 N–H and O–H groups in total. The average Bonchev–Trinajstić information content (AvgIpc) is 2.77. The lowest BCUT2D eigenvalue weighted by Crippen LogP contribution is -2.27. The van der Waals surface area contributed by atoms with Gasteiger partial charge in [-0.1, -0.05) is 6.92 Å². The van der Waals surface area contributed by atoms with E-state index in [0.717, 1.165) is 27.2 Å². The molecule has 3 rings (SSSR count). The maximum absolute atomic E-state index is 12.0. The largest absolute Gasteiger partial charge is 0.324 e. The van der Waals surface area contributed by atoms with E-state index in [9.17, 15) is 4.79 Å². The Balaban J connectivity index is 1.92. The number of benzene rings is 1. The van der Waals surface area contributed by atoms with Crippen LogP contribution >= 0.6 is 27.7 Å². The molecule has 108 valence electrons. The molecule has 0 spiro atoms. The molecule has 0 radical (unpaired) electrons. The van der Waals surface area contributed by atoms with Gasteiger partial charge in [-0.2, -0.15) is 0 Å². The highest BCUT2D eigenvalue weighted by Gasteiger charge is 2.30. The first-order valence-corrected chi connectivity index (χ1v) is 8.12. The number of anilines is 1. The van der Waals surface area contributed by atoms with Crippen molar-refractivity contribution in [3.05, 3.63) is 40.6 Å². The molecule has 0 saturated carbocycles. The molecule has 0 bridgehead atoms. The van der Waals surface area contributed by atoms with E-state index in [1.807, 2.05) is 19.1 Å². The van der Waals surface area contributed by atoms with Crippen LogP contribution in [-0.2, 0) is 4.79 Å². The summed E-state index contributed by atoms with van der Waals surface area (Å²) in [5, 5.41) is 6.76. The molecule has 2 aromatic rings. The number of halogens is 1. The van der Waals surface area contributed by atoms with Gasteiger partial charge in [0.25, 0.3) is 0 Å². The number of likely N-dealkylation sites (N-methyl/N-ethyl adjacent to an activating group) is 1. The molecule has 0 aliphatic carbocycles. The van der Waals surface area contributed by atoms with Crippen LogP contribution in [0.25, 0.3) is 0 Å². The van der Waals surface area contributed by atoms with Crippen molar-refractivity contribution in [2.45, 2.75) is 23.0 Å². The van der Waals surface area contributed by atoms with Crippen LogP contribution < -0.4 is 10.6 Å². The summed E-state index contributed by atoms with van der Waals surface area (Å²) in [7, 11) is 0. The molecule has 0 fully saturated rings. The quantitative estimate of drug-likeness (QED) is 0.816. The van der Waals surface area contributed by atoms with E-state index in [-0.39, 0.29) is 11.9 Å². The summed E-state index contributed by atoms with van der Waals surface area (Å²) in [6.07, 6.45) is 3.42. The van der Waals surface area contributed by atoms with Crippen LogP contribution in [0.15, 0.2) is 45.1 Å². The Kier molecular flexibility index (Phi) is 4.23. The predicted molar refractivity (Wildman–Crippen MR) is 85.3 cm³/mol. The van der Waals surface area contributed by atoms with Crippen LogP contribution in [-0.4, -0.2) is 22.4 Å². The smallest absolute Gasteiger partial charge is 0.246 e. The lowest BCUT2D eigenvalue weighted by atomic mass is 10.1. The Morgan fingerprint density at radius 2 is 2.14 bits per heavy atom. The number of carbonyl (C=O) groups excluding carboxylic acids is 1. The van der Waals surface area contributed by atoms with Crippen molar-refractivity contribution < 1.29 is 4.79 Å². The molecule has 1 aromatic carbocycles. The van der Waals surface area contributed by atoms with E-state index < -0.39 is 0 Å². The van der Waals surface area contributed by atoms with Gasteiger partial charge in [0.1, 0.15) is 6.04 Å². The Morgan fingerprint density at radius 3 is 2.86 bits per heavy atom. The molecular weight excluding hydrogens is 352 g/mol. The van der Waals surface area contributed by atoms with Crippen LogP contribution in [0, 0.1) is 0 Å². The summed E-state index contributed by atoms with van der Waals surface area (Å²) >= 11 is 5.02. The standard InChI is InChI=1S/C14H13BrN4OS/c1-2-16-12-8-6-9(15)11(7-10(8)19-13(12)20)21-14-17-4-3-5-18-14/h3-7,12,16H,2H2,1H3,(H,19,20). The van der Waals surface area contributed by atoms with E-state index in [1.54, 1.807) is 18.5 Å². The molecule has 1 aliphatic rings. The number of hydrogen-bond acceptors (Lipinski definition) is 5. The fourth-order valence-corrected chi connectivity index (χ4v) is 3.54. The molecular formula is C14H13BrN4OS. The number of nitrogens with one attached hydrogen (secondary N) is 2. The number of hydrogen-bond donors (Lipinski definition) is 2. The third kappa shape index (κ3) is 2.95. The van der Waals surface area contributed by atoms with Gasteiger partial charge in [-0.25, -0.2) is 9.97 Å². The second-order valence-electron chi connectivity index (χ2n) is 4.48. The maximum atomic E-state index is 12.0. The second kappa shape index (κ2) is 6.13. The van der Waals surface area contributed by atoms with Crippen LogP contribution in [0.4, 0.5) is 5.69 Å². The van der Waals surface area contributed by atoms with Gasteiger partial charge in [0, 0.05) is 33.0 Å². The molecule has 2 heterocycles. The fourth-order valence-electron chi connectivity index (χ4n) is 2.18. The van der Waals surface area contributed by atoms with E-state index in [0.29, 0.717) is 5.16 Å². The normalized spacial score (nSPS) is 16.7. The fraction of sp³-hybridized carbons (Fsp3) is 0.214. The molecule has 0 saturated heterocycles. The van der Waals surface area contributed by atoms with Crippen molar-refractivity contribution in [2.24, 2.45) is 0 Å². The monoisotopic (exact) mass is 364 g/mol. The molecule has 1 atom stereocenters. The second-order valence-corrected chi connectivity index (χ2v) is 6.35. The number of aromatic nitrogens is 2. The van der Waals surface area contributed by atoms with Gasteiger partial charge in [-0.3, -0.25) is 4.79 Å². The zero-order valence-corrected chi connectivity index (χ0v) is 13.7. The number of carbonyl (C=O) groups is 1. The Hall–Kier alpha value is -1.44. The molecule has 1 amide bonds. The zero-order chi connectivity index (χ0) is 14.8. The van der Waals surface area contributed by atoms with Crippen LogP contribution in [0.1, 0.15) is 18.5 Å². The number of fused-ring (bicyclic) bond motifs is 1. The highest BCUT2D eigenvalue weighted by atomic mass is 79.9. The van der Waals surface area contributed by atoms with Gasteiger partial charge in [-0.15, -0.1) is 0 Å². The van der Waals surface area contributed by atoms with Gasteiger partial charge in [0.15, 0.2) is 5.16 Å². The van der Waals surface area contributed by atoms with Crippen molar-refractivity contribution in [1.29, 1.82) is 0 Å². The summed E-state index contributed by atoms with van der Waals surface area (Å²) in [6, 6.07) is 5.43. The third-order valence-corrected chi connectivity index (χ3v) is 4.96. The first-order chi connectivity index (χ1) is 10.2. The van der Waals surface area contributed by atoms with Crippen molar-refractivity contribution in [3.8, 4) is 0 Å². The van der Waals surface area contributed by atoms with Crippen molar-refractivity contribution in [3.63, 3.8) is 0 Å². The van der Waals surface area contributed by atoms with Gasteiger partial charge in [0.2, 0.25) is 5.91 Å². The highest BCUT2D eigenvalue weighted by Crippen LogP contribution is 2.40. The summed E-state index contributed by atoms with van der Waals surface area (Å²) in [5.41, 5.74) is 1.81. The summed E-state index contributed by atoms with van der Waals surface area (Å²) < 4.78 is 0.929. The minimum atomic E-state index is -0.284. The van der Waals surface area contributed by atoms with E-state index >= 15 is 0 Å². The van der Waals surface area contributed by atoms with Crippen molar-refractivity contribution >= 4 is 39.3 Å². The van der Waals surface area contributed by atoms with Crippen LogP contribution in [0.2, 0.25) is 0 Å². The molecule has 5 nitrogen and oxygen atoms in total. The minimum Gasteiger partial charge on any atom is -0.324 e. The number of amides is 1. The number of nitrogens with zero attached hydrogens (tertiary/aromatic N) is 2.